The van der Waals surface area contributed by atoms with Gasteiger partial charge in [-0.3, -0.25) is 24.5 Å². The first-order chi connectivity index (χ1) is 20.4. The monoisotopic (exact) mass is 576 g/mol. The quantitative estimate of drug-likeness (QED) is 0.394. The molecule has 2 saturated heterocycles. The molecule has 0 atom stereocenters. The lowest BCUT2D eigenvalue weighted by molar-refractivity contribution is -0.384. The number of hydrogen-bond donors (Lipinski definition) is 2. The van der Waals surface area contributed by atoms with Crippen molar-refractivity contribution >= 4 is 34.8 Å². The lowest BCUT2D eigenvalue weighted by atomic mass is 9.88. The summed E-state index contributed by atoms with van der Waals surface area (Å²) < 4.78 is 0. The van der Waals surface area contributed by atoms with Gasteiger partial charge in [0.25, 0.3) is 17.5 Å². The second-order valence-corrected chi connectivity index (χ2v) is 11.4. The zero-order valence-electron chi connectivity index (χ0n) is 24.1. The zero-order chi connectivity index (χ0) is 29.5. The standard InChI is InChI=1S/C31H40N6O5/c38-29(23-8-11-26(12-9-23)37(41)42)33-27-22-25(31(40)35-16-4-14-32-15-19-35)10-13-28(27)34-17-5-18-36(21-20-34)30(39)24-6-2-1-3-7-24/h8-13,22,24,32H,1-7,14-21H2,(H,33,38). The van der Waals surface area contributed by atoms with Crippen LogP contribution in [0.1, 0.15) is 65.7 Å². The van der Waals surface area contributed by atoms with Gasteiger partial charge in [0.15, 0.2) is 0 Å². The second kappa shape index (κ2) is 13.8. The molecule has 3 amide bonds. The van der Waals surface area contributed by atoms with Gasteiger partial charge in [-0.25, -0.2) is 0 Å². The van der Waals surface area contributed by atoms with E-state index >= 15 is 0 Å². The Labute approximate surface area is 246 Å². The minimum Gasteiger partial charge on any atom is -0.368 e. The number of nitro benzene ring substituents is 1. The third-order valence-corrected chi connectivity index (χ3v) is 8.56. The Morgan fingerprint density at radius 2 is 1.52 bits per heavy atom. The molecule has 0 radical (unpaired) electrons. The maximum absolute atomic E-state index is 13.4. The van der Waals surface area contributed by atoms with Crippen LogP contribution in [0.15, 0.2) is 42.5 Å². The highest BCUT2D eigenvalue weighted by atomic mass is 16.6. The molecule has 0 aromatic heterocycles. The van der Waals surface area contributed by atoms with Crippen molar-refractivity contribution in [3.8, 4) is 0 Å². The van der Waals surface area contributed by atoms with Gasteiger partial charge in [-0.05, 0) is 62.6 Å². The summed E-state index contributed by atoms with van der Waals surface area (Å²) >= 11 is 0. The molecule has 3 aliphatic rings. The third-order valence-electron chi connectivity index (χ3n) is 8.56. The fourth-order valence-corrected chi connectivity index (χ4v) is 6.19. The molecule has 224 valence electrons. The number of nitro groups is 1. The summed E-state index contributed by atoms with van der Waals surface area (Å²) in [5.41, 5.74) is 1.96. The molecule has 1 aliphatic carbocycles. The topological polar surface area (TPSA) is 128 Å². The summed E-state index contributed by atoms with van der Waals surface area (Å²) in [5.74, 6) is -0.118. The summed E-state index contributed by atoms with van der Waals surface area (Å²) in [6.45, 7) is 5.51. The van der Waals surface area contributed by atoms with Crippen LogP contribution >= 0.6 is 0 Å². The maximum Gasteiger partial charge on any atom is 0.269 e. The van der Waals surface area contributed by atoms with E-state index in [1.807, 2.05) is 21.9 Å². The average Bonchev–Trinajstić information content (AvgIpc) is 3.45. The smallest absolute Gasteiger partial charge is 0.269 e. The van der Waals surface area contributed by atoms with Crippen molar-refractivity contribution in [2.24, 2.45) is 5.92 Å². The number of nitrogens with zero attached hydrogens (tertiary/aromatic N) is 4. The summed E-state index contributed by atoms with van der Waals surface area (Å²) in [4.78, 5) is 56.5. The first-order valence-electron chi connectivity index (χ1n) is 15.1. The average molecular weight is 577 g/mol. The summed E-state index contributed by atoms with van der Waals surface area (Å²) in [5, 5.41) is 17.4. The van der Waals surface area contributed by atoms with Crippen molar-refractivity contribution in [1.82, 2.24) is 15.1 Å². The van der Waals surface area contributed by atoms with Gasteiger partial charge in [0.2, 0.25) is 5.91 Å². The van der Waals surface area contributed by atoms with Gasteiger partial charge >= 0.3 is 0 Å². The van der Waals surface area contributed by atoms with E-state index in [1.165, 1.54) is 30.7 Å². The Balaban J connectivity index is 1.37. The van der Waals surface area contributed by atoms with E-state index in [1.54, 1.807) is 6.07 Å². The molecule has 42 heavy (non-hydrogen) atoms. The molecule has 2 aromatic rings. The first kappa shape index (κ1) is 29.5. The van der Waals surface area contributed by atoms with E-state index in [0.717, 1.165) is 57.3 Å². The molecule has 3 fully saturated rings. The van der Waals surface area contributed by atoms with Gasteiger partial charge in [-0.15, -0.1) is 0 Å². The molecule has 11 nitrogen and oxygen atoms in total. The van der Waals surface area contributed by atoms with Gasteiger partial charge in [0.05, 0.1) is 16.3 Å². The molecule has 2 aromatic carbocycles. The molecule has 0 unspecified atom stereocenters. The van der Waals surface area contributed by atoms with Crippen molar-refractivity contribution < 1.29 is 19.3 Å². The fraction of sp³-hybridized carbons (Fsp3) is 0.516. The highest BCUT2D eigenvalue weighted by Crippen LogP contribution is 2.31. The Bertz CT molecular complexity index is 1290. The van der Waals surface area contributed by atoms with Crippen molar-refractivity contribution in [2.75, 3.05) is 62.6 Å². The predicted octanol–water partition coefficient (Wildman–Crippen LogP) is 3.90. The van der Waals surface area contributed by atoms with Crippen LogP contribution in [0.25, 0.3) is 0 Å². The van der Waals surface area contributed by atoms with Crippen molar-refractivity contribution in [3.05, 3.63) is 63.7 Å². The largest absolute Gasteiger partial charge is 0.368 e. The van der Waals surface area contributed by atoms with Gasteiger partial charge in [-0.1, -0.05) is 19.3 Å². The Hall–Kier alpha value is -3.99. The zero-order valence-corrected chi connectivity index (χ0v) is 24.1. The number of amides is 3. The van der Waals surface area contributed by atoms with E-state index in [9.17, 15) is 24.5 Å². The summed E-state index contributed by atoms with van der Waals surface area (Å²) in [7, 11) is 0. The van der Waals surface area contributed by atoms with Gasteiger partial charge in [0, 0.05) is 75.0 Å². The van der Waals surface area contributed by atoms with Crippen LogP contribution in [0.2, 0.25) is 0 Å². The highest BCUT2D eigenvalue weighted by Gasteiger charge is 2.28. The molecule has 1 saturated carbocycles. The molecule has 11 heteroatoms. The second-order valence-electron chi connectivity index (χ2n) is 11.4. The number of carbonyl (C=O) groups is 3. The number of nitrogens with one attached hydrogen (secondary N) is 2. The number of rotatable bonds is 6. The lowest BCUT2D eigenvalue weighted by Gasteiger charge is -2.29. The Morgan fingerprint density at radius 3 is 2.29 bits per heavy atom. The van der Waals surface area contributed by atoms with Gasteiger partial charge in [-0.2, -0.15) is 0 Å². The van der Waals surface area contributed by atoms with Crippen LogP contribution in [0, 0.1) is 16.0 Å². The summed E-state index contributed by atoms with van der Waals surface area (Å²) in [6, 6.07) is 10.9. The predicted molar refractivity (Wildman–Crippen MR) is 161 cm³/mol. The molecule has 0 bridgehead atoms. The van der Waals surface area contributed by atoms with Gasteiger partial charge < -0.3 is 25.3 Å². The number of carbonyl (C=O) groups excluding carboxylic acids is 3. The number of non-ortho nitro benzene ring substituents is 1. The SMILES string of the molecule is O=C(Nc1cc(C(=O)N2CCCNCC2)ccc1N1CCCN(C(=O)C2CCCCC2)CC1)c1ccc([N+](=O)[O-])cc1. The van der Waals surface area contributed by atoms with E-state index in [2.05, 4.69) is 15.5 Å². The van der Waals surface area contributed by atoms with Crippen LogP contribution in [0.4, 0.5) is 17.1 Å². The minimum atomic E-state index is -0.505. The molecule has 2 heterocycles. The lowest BCUT2D eigenvalue weighted by Crippen LogP contribution is -2.39. The van der Waals surface area contributed by atoms with Crippen LogP contribution in [0.3, 0.4) is 0 Å². The molecular weight excluding hydrogens is 536 g/mol. The molecule has 2 N–H and O–H groups in total. The van der Waals surface area contributed by atoms with Crippen molar-refractivity contribution in [2.45, 2.75) is 44.9 Å². The number of benzene rings is 2. The first-order valence-corrected chi connectivity index (χ1v) is 15.1. The van der Waals surface area contributed by atoms with Crippen molar-refractivity contribution in [1.29, 1.82) is 0 Å². The fourth-order valence-electron chi connectivity index (χ4n) is 6.19. The third kappa shape index (κ3) is 7.07. The van der Waals surface area contributed by atoms with E-state index in [0.29, 0.717) is 50.5 Å². The van der Waals surface area contributed by atoms with Crippen LogP contribution in [-0.2, 0) is 4.79 Å². The molecule has 5 rings (SSSR count). The number of hydrogen-bond acceptors (Lipinski definition) is 7. The normalized spacial score (nSPS) is 18.6. The van der Waals surface area contributed by atoms with E-state index < -0.39 is 10.8 Å². The minimum absolute atomic E-state index is 0.0868. The molecular formula is C31H40N6O5. The molecule has 0 spiro atoms. The van der Waals surface area contributed by atoms with Crippen molar-refractivity contribution in [3.63, 3.8) is 0 Å². The number of anilines is 2. The van der Waals surface area contributed by atoms with E-state index in [-0.39, 0.29) is 29.0 Å². The van der Waals surface area contributed by atoms with E-state index in [4.69, 9.17) is 0 Å². The van der Waals surface area contributed by atoms with Gasteiger partial charge in [0.1, 0.15) is 0 Å². The Morgan fingerprint density at radius 1 is 0.786 bits per heavy atom. The van der Waals surface area contributed by atoms with Crippen LogP contribution in [0.5, 0.6) is 0 Å². The maximum atomic E-state index is 13.4. The Kier molecular flexibility index (Phi) is 9.68. The van der Waals surface area contributed by atoms with Crippen LogP contribution in [-0.4, -0.2) is 84.8 Å². The summed E-state index contributed by atoms with van der Waals surface area (Å²) in [6.07, 6.45) is 7.06. The highest BCUT2D eigenvalue weighted by molar-refractivity contribution is 6.07. The van der Waals surface area contributed by atoms with Crippen LogP contribution < -0.4 is 15.5 Å². The molecule has 2 aliphatic heterocycles.